The Morgan fingerprint density at radius 3 is 2.81 bits per heavy atom. The average molecular weight is 222 g/mol. The van der Waals surface area contributed by atoms with Crippen molar-refractivity contribution in [3.8, 4) is 0 Å². The second-order valence-corrected chi connectivity index (χ2v) is 4.70. The van der Waals surface area contributed by atoms with E-state index in [1.807, 2.05) is 0 Å². The molecule has 3 atom stereocenters. The normalized spacial score (nSPS) is 29.2. The number of aromatic amines is 1. The molecule has 2 rings (SSSR count). The van der Waals surface area contributed by atoms with Crippen LogP contribution in [-0.2, 0) is 0 Å². The quantitative estimate of drug-likeness (QED) is 0.702. The number of nitrogens with zero attached hydrogens (tertiary/aromatic N) is 1. The van der Waals surface area contributed by atoms with Gasteiger partial charge in [0.2, 0.25) is 0 Å². The van der Waals surface area contributed by atoms with Crippen LogP contribution in [0.2, 0.25) is 0 Å². The van der Waals surface area contributed by atoms with Gasteiger partial charge in [0.25, 0.3) is 5.91 Å². The molecular formula is C11H18N4O. The number of nitrogen functional groups attached to an aromatic ring is 1. The van der Waals surface area contributed by atoms with Crippen LogP contribution in [0.5, 0.6) is 0 Å². The fourth-order valence-corrected chi connectivity index (χ4v) is 2.27. The molecule has 0 spiro atoms. The number of hydrogen-bond acceptors (Lipinski definition) is 3. The third-order valence-electron chi connectivity index (χ3n) is 3.62. The Morgan fingerprint density at radius 2 is 2.31 bits per heavy atom. The molecule has 0 saturated heterocycles. The van der Waals surface area contributed by atoms with E-state index < -0.39 is 0 Å². The molecule has 1 aromatic heterocycles. The second-order valence-electron chi connectivity index (χ2n) is 4.70. The van der Waals surface area contributed by atoms with Crippen molar-refractivity contribution in [2.45, 2.75) is 32.7 Å². The zero-order chi connectivity index (χ0) is 11.7. The topological polar surface area (TPSA) is 83.8 Å². The van der Waals surface area contributed by atoms with E-state index >= 15 is 0 Å². The highest BCUT2D eigenvalue weighted by atomic mass is 16.2. The largest absolute Gasteiger partial charge is 0.382 e. The monoisotopic (exact) mass is 222 g/mol. The van der Waals surface area contributed by atoms with Crippen LogP contribution in [0, 0.1) is 11.8 Å². The number of carbonyl (C=O) groups is 1. The maximum absolute atomic E-state index is 11.8. The predicted molar refractivity (Wildman–Crippen MR) is 61.8 cm³/mol. The fraction of sp³-hybridized carbons (Fsp3) is 0.636. The number of H-pyrrole nitrogens is 1. The first kappa shape index (κ1) is 11.0. The minimum atomic E-state index is -0.116. The van der Waals surface area contributed by atoms with Crippen molar-refractivity contribution < 1.29 is 4.79 Å². The van der Waals surface area contributed by atoms with Gasteiger partial charge in [0.05, 0.1) is 0 Å². The third kappa shape index (κ3) is 2.03. The SMILES string of the molecule is CC1CCC(NC(=O)c2cc(N)n[nH]2)C1C. The van der Waals surface area contributed by atoms with Gasteiger partial charge in [-0.25, -0.2) is 0 Å². The lowest BCUT2D eigenvalue weighted by Gasteiger charge is -2.19. The van der Waals surface area contributed by atoms with Crippen LogP contribution in [-0.4, -0.2) is 22.1 Å². The summed E-state index contributed by atoms with van der Waals surface area (Å²) in [5.41, 5.74) is 5.89. The van der Waals surface area contributed by atoms with Gasteiger partial charge in [-0.05, 0) is 24.7 Å². The van der Waals surface area contributed by atoms with Crippen molar-refractivity contribution in [1.82, 2.24) is 15.5 Å². The van der Waals surface area contributed by atoms with Gasteiger partial charge in [-0.3, -0.25) is 9.89 Å². The van der Waals surface area contributed by atoms with Crippen molar-refractivity contribution in [3.05, 3.63) is 11.8 Å². The maximum Gasteiger partial charge on any atom is 0.269 e. The first-order valence-electron chi connectivity index (χ1n) is 5.69. The second kappa shape index (κ2) is 4.15. The first-order valence-corrected chi connectivity index (χ1v) is 5.69. The van der Waals surface area contributed by atoms with E-state index in [9.17, 15) is 4.79 Å². The Bertz CT molecular complexity index is 387. The summed E-state index contributed by atoms with van der Waals surface area (Å²) in [6, 6.07) is 1.82. The van der Waals surface area contributed by atoms with Gasteiger partial charge < -0.3 is 11.1 Å². The van der Waals surface area contributed by atoms with Gasteiger partial charge in [0, 0.05) is 12.1 Å². The van der Waals surface area contributed by atoms with Crippen LogP contribution in [0.3, 0.4) is 0 Å². The Balaban J connectivity index is 1.98. The van der Waals surface area contributed by atoms with Crippen LogP contribution in [0.4, 0.5) is 5.82 Å². The standard InChI is InChI=1S/C11H18N4O/c1-6-3-4-8(7(6)2)13-11(16)9-5-10(12)15-14-9/h5-8H,3-4H2,1-2H3,(H,13,16)(H3,12,14,15). The molecule has 1 fully saturated rings. The van der Waals surface area contributed by atoms with Crippen molar-refractivity contribution >= 4 is 11.7 Å². The van der Waals surface area contributed by atoms with Crippen LogP contribution in [0.1, 0.15) is 37.2 Å². The maximum atomic E-state index is 11.8. The summed E-state index contributed by atoms with van der Waals surface area (Å²) < 4.78 is 0. The van der Waals surface area contributed by atoms with Crippen molar-refractivity contribution in [1.29, 1.82) is 0 Å². The van der Waals surface area contributed by atoms with Crippen LogP contribution in [0.25, 0.3) is 0 Å². The lowest BCUT2D eigenvalue weighted by Crippen LogP contribution is -2.37. The minimum absolute atomic E-state index is 0.116. The van der Waals surface area contributed by atoms with E-state index in [1.54, 1.807) is 6.07 Å². The molecule has 88 valence electrons. The van der Waals surface area contributed by atoms with Gasteiger partial charge in [-0.1, -0.05) is 13.8 Å². The summed E-state index contributed by atoms with van der Waals surface area (Å²) in [5.74, 6) is 1.44. The summed E-state index contributed by atoms with van der Waals surface area (Å²) in [7, 11) is 0. The molecule has 1 aromatic rings. The molecule has 1 saturated carbocycles. The van der Waals surface area contributed by atoms with Gasteiger partial charge in [0.15, 0.2) is 0 Å². The van der Waals surface area contributed by atoms with Crippen molar-refractivity contribution in [2.75, 3.05) is 5.73 Å². The number of nitrogens with one attached hydrogen (secondary N) is 2. The molecule has 1 aliphatic rings. The zero-order valence-corrected chi connectivity index (χ0v) is 9.66. The van der Waals surface area contributed by atoms with E-state index in [0.717, 1.165) is 6.42 Å². The zero-order valence-electron chi connectivity index (χ0n) is 9.66. The lowest BCUT2D eigenvalue weighted by molar-refractivity contribution is 0.0922. The van der Waals surface area contributed by atoms with Crippen molar-refractivity contribution in [2.24, 2.45) is 11.8 Å². The average Bonchev–Trinajstić information content (AvgIpc) is 2.79. The molecule has 4 N–H and O–H groups in total. The molecule has 3 unspecified atom stereocenters. The minimum Gasteiger partial charge on any atom is -0.382 e. The summed E-state index contributed by atoms with van der Waals surface area (Å²) in [6.07, 6.45) is 2.23. The molecule has 5 nitrogen and oxygen atoms in total. The van der Waals surface area contributed by atoms with E-state index in [1.165, 1.54) is 6.42 Å². The van der Waals surface area contributed by atoms with Gasteiger partial charge in [-0.15, -0.1) is 0 Å². The summed E-state index contributed by atoms with van der Waals surface area (Å²) in [4.78, 5) is 11.8. The van der Waals surface area contributed by atoms with E-state index in [4.69, 9.17) is 5.73 Å². The first-order chi connectivity index (χ1) is 7.58. The molecule has 0 aliphatic heterocycles. The molecule has 0 aromatic carbocycles. The van der Waals surface area contributed by atoms with Crippen LogP contribution < -0.4 is 11.1 Å². The number of amides is 1. The van der Waals surface area contributed by atoms with E-state index in [0.29, 0.717) is 23.3 Å². The van der Waals surface area contributed by atoms with Crippen LogP contribution >= 0.6 is 0 Å². The van der Waals surface area contributed by atoms with Gasteiger partial charge in [-0.2, -0.15) is 5.10 Å². The van der Waals surface area contributed by atoms with Gasteiger partial charge >= 0.3 is 0 Å². The highest BCUT2D eigenvalue weighted by molar-refractivity contribution is 5.93. The number of aromatic nitrogens is 2. The Hall–Kier alpha value is -1.52. The number of rotatable bonds is 2. The number of hydrogen-bond donors (Lipinski definition) is 3. The Labute approximate surface area is 94.8 Å². The molecule has 5 heteroatoms. The van der Waals surface area contributed by atoms with E-state index in [-0.39, 0.29) is 11.9 Å². The molecule has 1 aliphatic carbocycles. The lowest BCUT2D eigenvalue weighted by atomic mass is 9.98. The summed E-state index contributed by atoms with van der Waals surface area (Å²) in [5, 5.41) is 9.38. The Kier molecular flexibility index (Phi) is 2.85. The summed E-state index contributed by atoms with van der Waals surface area (Å²) >= 11 is 0. The molecule has 16 heavy (non-hydrogen) atoms. The molecule has 0 radical (unpaired) electrons. The van der Waals surface area contributed by atoms with Gasteiger partial charge in [0.1, 0.15) is 11.5 Å². The number of nitrogens with two attached hydrogens (primary N) is 1. The highest BCUT2D eigenvalue weighted by Crippen LogP contribution is 2.31. The van der Waals surface area contributed by atoms with Crippen LogP contribution in [0.15, 0.2) is 6.07 Å². The third-order valence-corrected chi connectivity index (χ3v) is 3.62. The smallest absolute Gasteiger partial charge is 0.269 e. The van der Waals surface area contributed by atoms with Crippen molar-refractivity contribution in [3.63, 3.8) is 0 Å². The molecule has 0 bridgehead atoms. The summed E-state index contributed by atoms with van der Waals surface area (Å²) in [6.45, 7) is 4.41. The molecular weight excluding hydrogens is 204 g/mol. The van der Waals surface area contributed by atoms with E-state index in [2.05, 4.69) is 29.4 Å². The predicted octanol–water partition coefficient (Wildman–Crippen LogP) is 1.16. The highest BCUT2D eigenvalue weighted by Gasteiger charge is 2.31. The number of carbonyl (C=O) groups excluding carboxylic acids is 1. The Morgan fingerprint density at radius 1 is 1.56 bits per heavy atom. The molecule has 1 amide bonds. The fourth-order valence-electron chi connectivity index (χ4n) is 2.27. The number of anilines is 1. The molecule has 1 heterocycles.